The molecular formula is C30H30FN5OS. The van der Waals surface area contributed by atoms with Crippen molar-refractivity contribution < 1.29 is 9.18 Å². The number of nitrogens with one attached hydrogen (secondary N) is 2. The van der Waals surface area contributed by atoms with Crippen molar-refractivity contribution in [3.63, 3.8) is 0 Å². The van der Waals surface area contributed by atoms with Crippen LogP contribution in [0.5, 0.6) is 0 Å². The van der Waals surface area contributed by atoms with E-state index in [4.69, 9.17) is 12.2 Å². The smallest absolute Gasteiger partial charge is 0.226 e. The summed E-state index contributed by atoms with van der Waals surface area (Å²) in [7, 11) is 0. The van der Waals surface area contributed by atoms with Crippen molar-refractivity contribution in [2.24, 2.45) is 0 Å². The number of aryl methyl sites for hydroxylation is 2. The second-order valence-electron chi connectivity index (χ2n) is 9.60. The number of hydrogen-bond acceptors (Lipinski definition) is 3. The number of pyridine rings is 1. The normalized spacial score (nSPS) is 16.9. The van der Waals surface area contributed by atoms with Gasteiger partial charge >= 0.3 is 0 Å². The highest BCUT2D eigenvalue weighted by Crippen LogP contribution is 2.41. The maximum Gasteiger partial charge on any atom is 0.226 e. The molecule has 1 fully saturated rings. The number of carbonyl (C=O) groups is 1. The van der Waals surface area contributed by atoms with Crippen molar-refractivity contribution in [2.75, 3.05) is 11.9 Å². The van der Waals surface area contributed by atoms with Crippen LogP contribution in [0.1, 0.15) is 46.7 Å². The van der Waals surface area contributed by atoms with Crippen LogP contribution in [0.25, 0.3) is 5.69 Å². The van der Waals surface area contributed by atoms with Gasteiger partial charge in [-0.05, 0) is 81.0 Å². The van der Waals surface area contributed by atoms with Crippen LogP contribution in [-0.4, -0.2) is 32.0 Å². The first-order valence-corrected chi connectivity index (χ1v) is 13.0. The summed E-state index contributed by atoms with van der Waals surface area (Å²) < 4.78 is 16.3. The molecule has 2 aromatic heterocycles. The molecule has 0 bridgehead atoms. The largest absolute Gasteiger partial charge is 0.352 e. The maximum absolute atomic E-state index is 14.1. The monoisotopic (exact) mass is 527 g/mol. The molecule has 1 amide bonds. The fraction of sp³-hybridized carbons (Fsp3) is 0.233. The topological polar surface area (TPSA) is 62.2 Å². The predicted octanol–water partition coefficient (Wildman–Crippen LogP) is 5.94. The van der Waals surface area contributed by atoms with Gasteiger partial charge in [0.05, 0.1) is 23.5 Å². The molecule has 0 unspecified atom stereocenters. The van der Waals surface area contributed by atoms with Gasteiger partial charge in [-0.15, -0.1) is 0 Å². The number of hydrogen-bond donors (Lipinski definition) is 2. The van der Waals surface area contributed by atoms with Crippen molar-refractivity contribution in [1.29, 1.82) is 0 Å². The molecule has 2 aromatic carbocycles. The van der Waals surface area contributed by atoms with E-state index in [1.54, 1.807) is 24.4 Å². The van der Waals surface area contributed by atoms with E-state index in [1.807, 2.05) is 18.2 Å². The molecule has 2 N–H and O–H groups in total. The number of para-hydroxylation sites is 1. The Morgan fingerprint density at radius 2 is 1.79 bits per heavy atom. The second kappa shape index (κ2) is 10.8. The van der Waals surface area contributed by atoms with Crippen molar-refractivity contribution in [3.05, 3.63) is 113 Å². The van der Waals surface area contributed by atoms with Gasteiger partial charge in [0, 0.05) is 36.2 Å². The maximum atomic E-state index is 14.1. The highest BCUT2D eigenvalue weighted by Gasteiger charge is 2.41. The second-order valence-corrected chi connectivity index (χ2v) is 9.98. The van der Waals surface area contributed by atoms with Gasteiger partial charge in [0.25, 0.3) is 0 Å². The van der Waals surface area contributed by atoms with Crippen molar-refractivity contribution in [1.82, 2.24) is 19.8 Å². The zero-order chi connectivity index (χ0) is 26.8. The van der Waals surface area contributed by atoms with Crippen LogP contribution in [0.2, 0.25) is 0 Å². The van der Waals surface area contributed by atoms with Gasteiger partial charge in [0.1, 0.15) is 5.82 Å². The molecule has 3 heterocycles. The minimum absolute atomic E-state index is 0.151. The van der Waals surface area contributed by atoms with E-state index in [0.29, 0.717) is 11.7 Å². The fourth-order valence-corrected chi connectivity index (χ4v) is 5.49. The lowest BCUT2D eigenvalue weighted by molar-refractivity contribution is -0.116. The number of benzene rings is 2. The molecule has 1 aliphatic heterocycles. The first-order valence-electron chi connectivity index (χ1n) is 12.6. The van der Waals surface area contributed by atoms with Gasteiger partial charge in [0.2, 0.25) is 5.91 Å². The summed E-state index contributed by atoms with van der Waals surface area (Å²) in [6, 6.07) is 22.3. The first kappa shape index (κ1) is 25.6. The van der Waals surface area contributed by atoms with E-state index in [-0.39, 0.29) is 30.1 Å². The number of nitrogens with zero attached hydrogens (tertiary/aromatic N) is 3. The lowest BCUT2D eigenvalue weighted by Gasteiger charge is -2.28. The van der Waals surface area contributed by atoms with Crippen LogP contribution in [-0.2, 0) is 4.79 Å². The minimum Gasteiger partial charge on any atom is -0.352 e. The van der Waals surface area contributed by atoms with Gasteiger partial charge in [-0.1, -0.05) is 35.9 Å². The van der Waals surface area contributed by atoms with Gasteiger partial charge in [0.15, 0.2) is 5.11 Å². The quantitative estimate of drug-likeness (QED) is 0.292. The van der Waals surface area contributed by atoms with E-state index >= 15 is 0 Å². The molecule has 1 saturated heterocycles. The SMILES string of the molecule is Cc1ccc(-n2c(C)cc([C@H]3[C@H](c4ccccn4)NC(=S)N3CCC(=O)Nc3ccccc3F)c2C)cc1. The van der Waals surface area contributed by atoms with Crippen LogP contribution < -0.4 is 10.6 Å². The van der Waals surface area contributed by atoms with Crippen LogP contribution in [0.4, 0.5) is 10.1 Å². The van der Waals surface area contributed by atoms with E-state index in [0.717, 1.165) is 28.3 Å². The number of carbonyl (C=O) groups excluding carboxylic acids is 1. The minimum atomic E-state index is -0.462. The first-order chi connectivity index (χ1) is 18.3. The summed E-state index contributed by atoms with van der Waals surface area (Å²) in [5, 5.41) is 6.68. The number of rotatable bonds is 7. The van der Waals surface area contributed by atoms with Crippen LogP contribution in [0.15, 0.2) is 79.0 Å². The van der Waals surface area contributed by atoms with Crippen molar-refractivity contribution in [3.8, 4) is 5.69 Å². The molecule has 0 radical (unpaired) electrons. The third-order valence-corrected chi connectivity index (χ3v) is 7.36. The summed E-state index contributed by atoms with van der Waals surface area (Å²) in [4.78, 5) is 19.4. The molecule has 5 rings (SSSR count). The Morgan fingerprint density at radius 1 is 1.05 bits per heavy atom. The molecule has 2 atom stereocenters. The lowest BCUT2D eigenvalue weighted by Crippen LogP contribution is -2.33. The van der Waals surface area contributed by atoms with Crippen molar-refractivity contribution in [2.45, 2.75) is 39.3 Å². The Bertz CT molecular complexity index is 1470. The standard InChI is InChI=1S/C30H30FN5OS/c1-19-11-13-22(14-12-19)36-20(2)18-23(21(36)3)29-28(26-10-6-7-16-32-26)34-30(38)35(29)17-15-27(37)33-25-9-5-4-8-24(25)31/h4-14,16,18,28-29H,15,17H2,1-3H3,(H,33,37)(H,34,38)/t28-,29-/m0/s1. The molecule has 194 valence electrons. The summed E-state index contributed by atoms with van der Waals surface area (Å²) >= 11 is 5.78. The van der Waals surface area contributed by atoms with E-state index in [2.05, 4.69) is 76.2 Å². The predicted molar refractivity (Wildman–Crippen MR) is 152 cm³/mol. The van der Waals surface area contributed by atoms with E-state index in [9.17, 15) is 9.18 Å². The molecule has 38 heavy (non-hydrogen) atoms. The Hall–Kier alpha value is -4.04. The van der Waals surface area contributed by atoms with Crippen LogP contribution in [0.3, 0.4) is 0 Å². The Kier molecular flexibility index (Phi) is 7.24. The summed E-state index contributed by atoms with van der Waals surface area (Å²) in [5.41, 5.74) is 6.66. The van der Waals surface area contributed by atoms with Gasteiger partial charge < -0.3 is 20.1 Å². The van der Waals surface area contributed by atoms with Crippen LogP contribution >= 0.6 is 12.2 Å². The third-order valence-electron chi connectivity index (χ3n) is 7.01. The summed E-state index contributed by atoms with van der Waals surface area (Å²) in [6.07, 6.45) is 1.93. The van der Waals surface area contributed by atoms with E-state index in [1.165, 1.54) is 11.6 Å². The number of anilines is 1. The fourth-order valence-electron chi connectivity index (χ4n) is 5.16. The highest BCUT2D eigenvalue weighted by atomic mass is 32.1. The molecule has 1 aliphatic rings. The molecule has 0 saturated carbocycles. The van der Waals surface area contributed by atoms with Gasteiger partial charge in [-0.25, -0.2) is 4.39 Å². The molecule has 0 spiro atoms. The zero-order valence-electron chi connectivity index (χ0n) is 21.6. The zero-order valence-corrected chi connectivity index (χ0v) is 22.4. The number of amides is 1. The summed E-state index contributed by atoms with van der Waals surface area (Å²) in [6.45, 7) is 6.66. The van der Waals surface area contributed by atoms with Crippen molar-refractivity contribution >= 4 is 28.9 Å². The average Bonchev–Trinajstić information content (AvgIpc) is 3.39. The Balaban J connectivity index is 1.47. The average molecular weight is 528 g/mol. The lowest BCUT2D eigenvalue weighted by atomic mass is 9.96. The number of thiocarbonyl (C=S) groups is 1. The van der Waals surface area contributed by atoms with Gasteiger partial charge in [-0.3, -0.25) is 9.78 Å². The Labute approximate surface area is 227 Å². The van der Waals surface area contributed by atoms with E-state index < -0.39 is 5.82 Å². The molecule has 4 aromatic rings. The third kappa shape index (κ3) is 5.04. The number of halogens is 1. The summed E-state index contributed by atoms with van der Waals surface area (Å²) in [5.74, 6) is -0.737. The molecule has 6 nitrogen and oxygen atoms in total. The van der Waals surface area contributed by atoms with Crippen LogP contribution in [0, 0.1) is 26.6 Å². The molecular weight excluding hydrogens is 497 g/mol. The molecule has 0 aliphatic carbocycles. The van der Waals surface area contributed by atoms with Gasteiger partial charge in [-0.2, -0.15) is 0 Å². The highest BCUT2D eigenvalue weighted by molar-refractivity contribution is 7.80. The molecule has 8 heteroatoms. The Morgan fingerprint density at radius 3 is 2.50 bits per heavy atom. The number of aromatic nitrogens is 2.